The van der Waals surface area contributed by atoms with Crippen molar-refractivity contribution < 1.29 is 24.1 Å². The van der Waals surface area contributed by atoms with E-state index in [2.05, 4.69) is 15.3 Å². The smallest absolute Gasteiger partial charge is 0.335 e. The van der Waals surface area contributed by atoms with Gasteiger partial charge in [0.05, 0.1) is 40.7 Å². The molecule has 4 rings (SSSR count). The minimum Gasteiger partial charge on any atom is -0.497 e. The fraction of sp³-hybridized carbons (Fsp3) is 0.179. The summed E-state index contributed by atoms with van der Waals surface area (Å²) in [4.78, 5) is 32.7. The molecule has 0 fully saturated rings. The van der Waals surface area contributed by atoms with Crippen LogP contribution in [0.5, 0.6) is 28.9 Å². The Kier molecular flexibility index (Phi) is 8.20. The maximum absolute atomic E-state index is 13.0. The Morgan fingerprint density at radius 3 is 2.10 bits per heavy atom. The van der Waals surface area contributed by atoms with Crippen molar-refractivity contribution in [3.05, 3.63) is 98.7 Å². The first-order valence-corrected chi connectivity index (χ1v) is 11.8. The van der Waals surface area contributed by atoms with Crippen LogP contribution in [-0.4, -0.2) is 48.9 Å². The third-order valence-corrected chi connectivity index (χ3v) is 5.83. The van der Waals surface area contributed by atoms with Crippen LogP contribution in [0.1, 0.15) is 11.1 Å². The second-order valence-electron chi connectivity index (χ2n) is 8.18. The van der Waals surface area contributed by atoms with E-state index < -0.39 is 17.1 Å². The average Bonchev–Trinajstić information content (AvgIpc) is 2.95. The number of nitrogens with one attached hydrogen (secondary N) is 2. The number of benzene rings is 3. The number of aliphatic imine (C=N–C) groups is 1. The summed E-state index contributed by atoms with van der Waals surface area (Å²) < 4.78 is 22.4. The molecule has 0 aliphatic carbocycles. The van der Waals surface area contributed by atoms with E-state index >= 15 is 0 Å². The molecule has 0 aliphatic heterocycles. The van der Waals surface area contributed by atoms with E-state index in [9.17, 15) is 14.7 Å². The molecule has 11 heteroatoms. The number of ether oxygens (including phenoxy) is 4. The highest BCUT2D eigenvalue weighted by atomic mass is 16.5. The average molecular weight is 533 g/mol. The van der Waals surface area contributed by atoms with Crippen LogP contribution in [0.2, 0.25) is 0 Å². The highest BCUT2D eigenvalue weighted by molar-refractivity contribution is 6.09. The first-order valence-electron chi connectivity index (χ1n) is 11.8. The SMILES string of the molecule is COc1ccc(-n2c(O)c(C(=NCc3cc(OC)c(OC)c(OC)c3)Nc3ccccc3)c(=O)[nH]c2=O)cc1. The monoisotopic (exact) mass is 532 g/mol. The van der Waals surface area contributed by atoms with Gasteiger partial charge in [-0.1, -0.05) is 18.2 Å². The minimum atomic E-state index is -0.811. The van der Waals surface area contributed by atoms with Crippen LogP contribution < -0.4 is 35.5 Å². The lowest BCUT2D eigenvalue weighted by Crippen LogP contribution is -2.35. The van der Waals surface area contributed by atoms with Gasteiger partial charge in [0.1, 0.15) is 17.1 Å². The Morgan fingerprint density at radius 1 is 0.897 bits per heavy atom. The molecule has 0 saturated heterocycles. The van der Waals surface area contributed by atoms with Crippen molar-refractivity contribution in [2.75, 3.05) is 33.8 Å². The summed E-state index contributed by atoms with van der Waals surface area (Å²) in [6, 6.07) is 18.9. The molecule has 1 heterocycles. The Bertz CT molecular complexity index is 1570. The fourth-order valence-electron chi connectivity index (χ4n) is 3.95. The summed E-state index contributed by atoms with van der Waals surface area (Å²) in [5, 5.41) is 14.3. The first-order chi connectivity index (χ1) is 18.9. The number of hydrogen-bond donors (Lipinski definition) is 3. The van der Waals surface area contributed by atoms with Crippen LogP contribution in [0.4, 0.5) is 5.69 Å². The molecule has 4 aromatic rings. The molecule has 0 saturated carbocycles. The predicted molar refractivity (Wildman–Crippen MR) is 147 cm³/mol. The van der Waals surface area contributed by atoms with Crippen molar-refractivity contribution in [2.24, 2.45) is 4.99 Å². The number of aromatic amines is 1. The van der Waals surface area contributed by atoms with Gasteiger partial charge in [-0.05, 0) is 54.1 Å². The Balaban J connectivity index is 1.86. The zero-order valence-electron chi connectivity index (χ0n) is 21.8. The molecule has 0 atom stereocenters. The van der Waals surface area contributed by atoms with E-state index in [4.69, 9.17) is 18.9 Å². The molecule has 0 amide bonds. The summed E-state index contributed by atoms with van der Waals surface area (Å²) in [6.45, 7) is 0.0619. The molecule has 39 heavy (non-hydrogen) atoms. The van der Waals surface area contributed by atoms with Gasteiger partial charge >= 0.3 is 5.69 Å². The number of amidine groups is 1. The fourth-order valence-corrected chi connectivity index (χ4v) is 3.95. The van der Waals surface area contributed by atoms with Crippen LogP contribution in [0, 0.1) is 0 Å². The van der Waals surface area contributed by atoms with Gasteiger partial charge in [0.15, 0.2) is 11.5 Å². The first kappa shape index (κ1) is 26.9. The third-order valence-electron chi connectivity index (χ3n) is 5.83. The van der Waals surface area contributed by atoms with Gasteiger partial charge in [-0.3, -0.25) is 14.8 Å². The van der Waals surface area contributed by atoms with Crippen LogP contribution in [-0.2, 0) is 6.54 Å². The maximum atomic E-state index is 13.0. The lowest BCUT2D eigenvalue weighted by Gasteiger charge is -2.16. The van der Waals surface area contributed by atoms with E-state index in [1.807, 2.05) is 18.2 Å². The zero-order valence-corrected chi connectivity index (χ0v) is 21.8. The van der Waals surface area contributed by atoms with Crippen molar-refractivity contribution in [1.82, 2.24) is 9.55 Å². The molecule has 0 aliphatic rings. The van der Waals surface area contributed by atoms with Gasteiger partial charge in [-0.15, -0.1) is 0 Å². The predicted octanol–water partition coefficient (Wildman–Crippen LogP) is 3.32. The molecule has 3 aromatic carbocycles. The lowest BCUT2D eigenvalue weighted by atomic mass is 10.1. The standard InChI is InChI=1S/C28H28N4O7/c1-36-20-12-10-19(11-13-20)32-27(34)23(26(33)31-28(32)35)25(30-18-8-6-5-7-9-18)29-16-17-14-21(37-2)24(39-4)22(15-17)38-3/h5-15,34H,16H2,1-4H3,(H,29,30)(H,31,33,35). The summed E-state index contributed by atoms with van der Waals surface area (Å²) >= 11 is 0. The quantitative estimate of drug-likeness (QED) is 0.221. The van der Waals surface area contributed by atoms with E-state index in [1.54, 1.807) is 48.5 Å². The van der Waals surface area contributed by atoms with Crippen LogP contribution in [0.15, 0.2) is 81.3 Å². The van der Waals surface area contributed by atoms with Crippen LogP contribution >= 0.6 is 0 Å². The molecule has 0 unspecified atom stereocenters. The lowest BCUT2D eigenvalue weighted by molar-refractivity contribution is 0.324. The van der Waals surface area contributed by atoms with E-state index in [0.717, 1.165) is 4.57 Å². The summed E-state index contributed by atoms with van der Waals surface area (Å²) in [5.41, 5.74) is -0.232. The van der Waals surface area contributed by atoms with Crippen molar-refractivity contribution >= 4 is 11.5 Å². The number of nitrogens with zero attached hydrogens (tertiary/aromatic N) is 2. The minimum absolute atomic E-state index is 0.0379. The second kappa shape index (κ2) is 11.9. The van der Waals surface area contributed by atoms with Crippen molar-refractivity contribution in [3.63, 3.8) is 0 Å². The molecule has 3 N–H and O–H groups in total. The molecule has 202 valence electrons. The van der Waals surface area contributed by atoms with E-state index in [0.29, 0.717) is 39.9 Å². The van der Waals surface area contributed by atoms with Gasteiger partial charge < -0.3 is 29.4 Å². The highest BCUT2D eigenvalue weighted by Gasteiger charge is 2.21. The van der Waals surface area contributed by atoms with E-state index in [-0.39, 0.29) is 17.9 Å². The van der Waals surface area contributed by atoms with Crippen molar-refractivity contribution in [1.29, 1.82) is 0 Å². The van der Waals surface area contributed by atoms with Crippen molar-refractivity contribution in [3.8, 4) is 34.6 Å². The van der Waals surface area contributed by atoms with Gasteiger partial charge in [0, 0.05) is 5.69 Å². The number of methoxy groups -OCH3 is 4. The molecular formula is C28H28N4O7. The molecule has 1 aromatic heterocycles. The number of rotatable bonds is 9. The number of hydrogen-bond acceptors (Lipinski definition) is 8. The summed E-state index contributed by atoms with van der Waals surface area (Å²) in [7, 11) is 6.04. The number of aromatic hydroxyl groups is 1. The second-order valence-corrected chi connectivity index (χ2v) is 8.18. The highest BCUT2D eigenvalue weighted by Crippen LogP contribution is 2.38. The van der Waals surface area contributed by atoms with Gasteiger partial charge in [0.2, 0.25) is 11.6 Å². The molecule has 0 radical (unpaired) electrons. The van der Waals surface area contributed by atoms with Crippen LogP contribution in [0.3, 0.4) is 0 Å². The maximum Gasteiger partial charge on any atom is 0.335 e. The van der Waals surface area contributed by atoms with Gasteiger partial charge in [-0.25, -0.2) is 9.36 Å². The number of H-pyrrole nitrogens is 1. The molecule has 0 spiro atoms. The number of aromatic nitrogens is 2. The largest absolute Gasteiger partial charge is 0.497 e. The Labute approximate surface area is 223 Å². The van der Waals surface area contributed by atoms with Gasteiger partial charge in [0.25, 0.3) is 5.56 Å². The van der Waals surface area contributed by atoms with Gasteiger partial charge in [-0.2, -0.15) is 0 Å². The Hall–Kier alpha value is -5.19. The topological polar surface area (TPSA) is 136 Å². The van der Waals surface area contributed by atoms with Crippen LogP contribution in [0.25, 0.3) is 5.69 Å². The van der Waals surface area contributed by atoms with Crippen molar-refractivity contribution in [2.45, 2.75) is 6.54 Å². The summed E-state index contributed by atoms with van der Waals surface area (Å²) in [6.07, 6.45) is 0. The Morgan fingerprint density at radius 2 is 1.54 bits per heavy atom. The third kappa shape index (κ3) is 5.72. The molecule has 0 bridgehead atoms. The number of anilines is 1. The molecule has 11 nitrogen and oxygen atoms in total. The molecular weight excluding hydrogens is 504 g/mol. The summed E-state index contributed by atoms with van der Waals surface area (Å²) in [5.74, 6) is 1.32. The normalized spacial score (nSPS) is 11.1. The zero-order chi connectivity index (χ0) is 27.9. The number of para-hydroxylation sites is 1. The van der Waals surface area contributed by atoms with E-state index in [1.165, 1.54) is 28.4 Å².